The van der Waals surface area contributed by atoms with E-state index in [2.05, 4.69) is 18.1 Å². The molecule has 226 valence electrons. The molecule has 7 nitrogen and oxygen atoms in total. The number of ether oxygens (including phenoxy) is 6. The van der Waals surface area contributed by atoms with E-state index < -0.39 is 0 Å². The van der Waals surface area contributed by atoms with Gasteiger partial charge in [0.25, 0.3) is 0 Å². The second-order valence-corrected chi connectivity index (χ2v) is 9.29. The van der Waals surface area contributed by atoms with Crippen LogP contribution in [0.5, 0.6) is 28.7 Å². The zero-order chi connectivity index (χ0) is 30.7. The smallest absolute Gasteiger partial charge is 0.203 e. The third-order valence-electron chi connectivity index (χ3n) is 6.43. The number of aromatic nitrogens is 1. The van der Waals surface area contributed by atoms with Crippen LogP contribution in [0.4, 0.5) is 0 Å². The first kappa shape index (κ1) is 34.0. The van der Waals surface area contributed by atoms with Crippen LogP contribution in [0.1, 0.15) is 53.8 Å². The molecule has 42 heavy (non-hydrogen) atoms. The van der Waals surface area contributed by atoms with Crippen molar-refractivity contribution in [3.8, 4) is 28.7 Å². The molecular formula is C35H45NO6. The van der Waals surface area contributed by atoms with Gasteiger partial charge in [-0.3, -0.25) is 0 Å². The Morgan fingerprint density at radius 2 is 1.19 bits per heavy atom. The minimum absolute atomic E-state index is 0.646. The standard InChI is InChI=1S/C18H19NO2.C17H26O4/c1-5-15-7-6-8-16(19-15)10-9-14-11-17(20-3)13(2)18(12-14)21-4;1-5-14-12-15(19-3)17(16(13-14)20-4)21-11-9-7-6-8-10-18-2/h5-12H,1H2,2-4H3;5,12-13H,1,6-11H2,2-4H3/b10-9+;. The first-order chi connectivity index (χ1) is 20.4. The Bertz CT molecular complexity index is 1250. The van der Waals surface area contributed by atoms with Gasteiger partial charge in [0.2, 0.25) is 5.75 Å². The molecule has 3 aromatic rings. The summed E-state index contributed by atoms with van der Waals surface area (Å²) >= 11 is 0. The lowest BCUT2D eigenvalue weighted by Crippen LogP contribution is -2.02. The molecule has 1 heterocycles. The van der Waals surface area contributed by atoms with Gasteiger partial charge in [0, 0.05) is 19.3 Å². The van der Waals surface area contributed by atoms with Crippen LogP contribution in [0, 0.1) is 6.92 Å². The summed E-state index contributed by atoms with van der Waals surface area (Å²) in [5, 5.41) is 0. The summed E-state index contributed by atoms with van der Waals surface area (Å²) in [6.45, 7) is 10.9. The molecule has 0 bridgehead atoms. The van der Waals surface area contributed by atoms with Crippen molar-refractivity contribution < 1.29 is 28.4 Å². The first-order valence-electron chi connectivity index (χ1n) is 13.9. The molecule has 0 spiro atoms. The first-order valence-corrected chi connectivity index (χ1v) is 13.9. The van der Waals surface area contributed by atoms with Gasteiger partial charge in [0.15, 0.2) is 11.5 Å². The Labute approximate surface area is 251 Å². The highest BCUT2D eigenvalue weighted by Gasteiger charge is 2.13. The molecule has 0 atom stereocenters. The lowest BCUT2D eigenvalue weighted by Gasteiger charge is -2.15. The van der Waals surface area contributed by atoms with Gasteiger partial charge in [-0.25, -0.2) is 4.98 Å². The molecule has 7 heteroatoms. The molecule has 1 aromatic heterocycles. The Kier molecular flexibility index (Phi) is 15.4. The van der Waals surface area contributed by atoms with Crippen molar-refractivity contribution in [2.24, 2.45) is 0 Å². The maximum Gasteiger partial charge on any atom is 0.203 e. The molecule has 0 saturated carbocycles. The second-order valence-electron chi connectivity index (χ2n) is 9.29. The lowest BCUT2D eigenvalue weighted by atomic mass is 10.1. The third-order valence-corrected chi connectivity index (χ3v) is 6.43. The Hall–Kier alpha value is -4.23. The zero-order valence-electron chi connectivity index (χ0n) is 25.9. The zero-order valence-corrected chi connectivity index (χ0v) is 25.9. The quantitative estimate of drug-likeness (QED) is 0.160. The molecule has 0 aliphatic heterocycles. The minimum Gasteiger partial charge on any atom is -0.496 e. The molecule has 0 N–H and O–H groups in total. The number of methoxy groups -OCH3 is 5. The van der Waals surface area contributed by atoms with E-state index in [1.807, 2.05) is 61.5 Å². The van der Waals surface area contributed by atoms with Crippen molar-refractivity contribution >= 4 is 24.3 Å². The normalized spacial score (nSPS) is 10.4. The van der Waals surface area contributed by atoms with E-state index in [9.17, 15) is 0 Å². The highest BCUT2D eigenvalue weighted by molar-refractivity contribution is 5.71. The minimum atomic E-state index is 0.646. The molecule has 0 saturated heterocycles. The number of nitrogens with zero attached hydrogens (tertiary/aromatic N) is 1. The largest absolute Gasteiger partial charge is 0.496 e. The maximum atomic E-state index is 5.84. The number of pyridine rings is 1. The summed E-state index contributed by atoms with van der Waals surface area (Å²) in [7, 11) is 8.29. The van der Waals surface area contributed by atoms with Gasteiger partial charge in [-0.15, -0.1) is 0 Å². The molecule has 0 aliphatic rings. The molecule has 0 amide bonds. The average molecular weight is 576 g/mol. The fourth-order valence-corrected chi connectivity index (χ4v) is 4.10. The summed E-state index contributed by atoms with van der Waals surface area (Å²) in [5.74, 6) is 3.61. The molecule has 0 unspecified atom stereocenters. The van der Waals surface area contributed by atoms with Crippen LogP contribution in [0.2, 0.25) is 0 Å². The number of rotatable bonds is 16. The van der Waals surface area contributed by atoms with E-state index in [1.165, 1.54) is 0 Å². The molecular weight excluding hydrogens is 530 g/mol. The van der Waals surface area contributed by atoms with Crippen LogP contribution in [0.3, 0.4) is 0 Å². The summed E-state index contributed by atoms with van der Waals surface area (Å²) in [5.41, 5.74) is 4.67. The van der Waals surface area contributed by atoms with Gasteiger partial charge in [0.05, 0.1) is 46.4 Å². The number of hydrogen-bond donors (Lipinski definition) is 0. The van der Waals surface area contributed by atoms with E-state index in [-0.39, 0.29) is 0 Å². The maximum absolute atomic E-state index is 5.84. The molecule has 3 rings (SSSR count). The predicted octanol–water partition coefficient (Wildman–Crippen LogP) is 8.15. The van der Waals surface area contributed by atoms with Gasteiger partial charge in [-0.2, -0.15) is 0 Å². The van der Waals surface area contributed by atoms with Crippen molar-refractivity contribution in [2.75, 3.05) is 48.8 Å². The Balaban J connectivity index is 0.000000293. The van der Waals surface area contributed by atoms with Gasteiger partial charge in [0.1, 0.15) is 11.5 Å². The van der Waals surface area contributed by atoms with Crippen LogP contribution < -0.4 is 23.7 Å². The van der Waals surface area contributed by atoms with Crippen molar-refractivity contribution in [1.82, 2.24) is 4.98 Å². The summed E-state index contributed by atoms with van der Waals surface area (Å²) in [6.07, 6.45) is 11.8. The van der Waals surface area contributed by atoms with Gasteiger partial charge in [-0.1, -0.05) is 37.8 Å². The lowest BCUT2D eigenvalue weighted by molar-refractivity contribution is 0.190. The summed E-state index contributed by atoms with van der Waals surface area (Å²) < 4.78 is 32.4. The van der Waals surface area contributed by atoms with E-state index in [0.29, 0.717) is 23.9 Å². The number of unbranched alkanes of at least 4 members (excludes halogenated alkanes) is 3. The average Bonchev–Trinajstić information content (AvgIpc) is 3.03. The monoisotopic (exact) mass is 575 g/mol. The van der Waals surface area contributed by atoms with E-state index in [0.717, 1.165) is 71.9 Å². The van der Waals surface area contributed by atoms with Gasteiger partial charge < -0.3 is 28.4 Å². The fourth-order valence-electron chi connectivity index (χ4n) is 4.10. The van der Waals surface area contributed by atoms with Crippen LogP contribution in [0.15, 0.2) is 55.6 Å². The van der Waals surface area contributed by atoms with E-state index in [1.54, 1.807) is 47.7 Å². The highest BCUT2D eigenvalue weighted by Crippen LogP contribution is 2.39. The SMILES string of the molecule is C=Cc1cc(OC)c(OCCCCCCOC)c(OC)c1.C=Cc1cccc(/C=C/c2cc(OC)c(C)c(OC)c2)n1. The van der Waals surface area contributed by atoms with Crippen molar-refractivity contribution in [3.63, 3.8) is 0 Å². The summed E-state index contributed by atoms with van der Waals surface area (Å²) in [6, 6.07) is 13.6. The fraction of sp³-hybridized carbons (Fsp3) is 0.343. The predicted molar refractivity (Wildman–Crippen MR) is 173 cm³/mol. The van der Waals surface area contributed by atoms with Crippen molar-refractivity contribution in [3.05, 3.63) is 83.7 Å². The molecule has 0 radical (unpaired) electrons. The van der Waals surface area contributed by atoms with Crippen LogP contribution in [0.25, 0.3) is 24.3 Å². The molecule has 0 fully saturated rings. The van der Waals surface area contributed by atoms with Gasteiger partial charge >= 0.3 is 0 Å². The van der Waals surface area contributed by atoms with Crippen LogP contribution in [-0.2, 0) is 4.74 Å². The number of benzene rings is 2. The van der Waals surface area contributed by atoms with Crippen molar-refractivity contribution in [1.29, 1.82) is 0 Å². The Morgan fingerprint density at radius 1 is 0.643 bits per heavy atom. The van der Waals surface area contributed by atoms with Crippen LogP contribution >= 0.6 is 0 Å². The van der Waals surface area contributed by atoms with Crippen molar-refractivity contribution in [2.45, 2.75) is 32.6 Å². The van der Waals surface area contributed by atoms with Gasteiger partial charge in [-0.05, 0) is 85.9 Å². The highest BCUT2D eigenvalue weighted by atomic mass is 16.5. The third kappa shape index (κ3) is 10.6. The topological polar surface area (TPSA) is 68.3 Å². The number of hydrogen-bond acceptors (Lipinski definition) is 7. The van der Waals surface area contributed by atoms with E-state index >= 15 is 0 Å². The molecule has 0 aliphatic carbocycles. The summed E-state index contributed by atoms with van der Waals surface area (Å²) in [4.78, 5) is 4.44. The Morgan fingerprint density at radius 3 is 1.71 bits per heavy atom. The van der Waals surface area contributed by atoms with E-state index in [4.69, 9.17) is 28.4 Å². The van der Waals surface area contributed by atoms with Crippen LogP contribution in [-0.4, -0.2) is 53.7 Å². The molecule has 2 aromatic carbocycles. The second kappa shape index (κ2) is 19.0.